The number of rotatable bonds is 7. The molecular weight excluding hydrogens is 410 g/mol. The van der Waals surface area contributed by atoms with Gasteiger partial charge in [0.1, 0.15) is 0 Å². The molecule has 1 saturated heterocycles. The van der Waals surface area contributed by atoms with E-state index in [4.69, 9.17) is 0 Å². The molecule has 4 nitrogen and oxygen atoms in total. The number of benzene rings is 3. The molecule has 0 unspecified atom stereocenters. The van der Waals surface area contributed by atoms with E-state index in [-0.39, 0.29) is 42.8 Å². The summed E-state index contributed by atoms with van der Waals surface area (Å²) in [5.41, 5.74) is 5.53. The summed E-state index contributed by atoms with van der Waals surface area (Å²) in [4.78, 5) is 16.1. The van der Waals surface area contributed by atoms with Crippen LogP contribution in [0.5, 0.6) is 0 Å². The zero-order valence-corrected chi connectivity index (χ0v) is 19.4. The summed E-state index contributed by atoms with van der Waals surface area (Å²) in [5.74, 6) is -0.137. The van der Waals surface area contributed by atoms with Gasteiger partial charge in [0, 0.05) is 36.4 Å². The second-order valence-corrected chi connectivity index (χ2v) is 9.14. The molecule has 0 saturated carbocycles. The molecule has 0 spiro atoms. The van der Waals surface area contributed by atoms with Gasteiger partial charge in [-0.15, -0.1) is 0 Å². The Bertz CT molecular complexity index is 1060. The molecule has 2 N–H and O–H groups in total. The van der Waals surface area contributed by atoms with Crippen molar-refractivity contribution in [2.45, 2.75) is 31.7 Å². The number of aliphatic hydroxyl groups is 2. The highest BCUT2D eigenvalue weighted by Crippen LogP contribution is 2.46. The Kier molecular flexibility index (Phi) is 7.39. The van der Waals surface area contributed by atoms with Crippen molar-refractivity contribution in [2.24, 2.45) is 5.92 Å². The van der Waals surface area contributed by atoms with Crippen LogP contribution in [0, 0.1) is 19.8 Å². The van der Waals surface area contributed by atoms with Crippen LogP contribution in [0.15, 0.2) is 78.9 Å². The van der Waals surface area contributed by atoms with E-state index < -0.39 is 0 Å². The van der Waals surface area contributed by atoms with Gasteiger partial charge in [-0.2, -0.15) is 0 Å². The van der Waals surface area contributed by atoms with Crippen molar-refractivity contribution >= 4 is 5.78 Å². The Balaban J connectivity index is 1.87. The van der Waals surface area contributed by atoms with Crippen molar-refractivity contribution in [1.82, 2.24) is 4.90 Å². The highest BCUT2D eigenvalue weighted by atomic mass is 16.3. The molecule has 0 radical (unpaired) electrons. The number of piperidine rings is 1. The Hall–Kier alpha value is -2.79. The molecule has 3 aromatic rings. The van der Waals surface area contributed by atoms with Crippen LogP contribution in [-0.4, -0.2) is 53.2 Å². The number of nitrogens with zero attached hydrogens (tertiary/aromatic N) is 1. The van der Waals surface area contributed by atoms with E-state index in [1.54, 1.807) is 0 Å². The minimum absolute atomic E-state index is 0.00529. The lowest BCUT2D eigenvalue weighted by atomic mass is 9.67. The molecule has 0 amide bonds. The smallest absolute Gasteiger partial charge is 0.167 e. The number of carbonyl (C=O) groups excluding carboxylic acids is 1. The lowest BCUT2D eigenvalue weighted by molar-refractivity contribution is 0.0272. The third-order valence-electron chi connectivity index (χ3n) is 7.30. The molecule has 0 bridgehead atoms. The summed E-state index contributed by atoms with van der Waals surface area (Å²) in [6, 6.07) is 25.8. The van der Waals surface area contributed by atoms with Crippen LogP contribution in [0.4, 0.5) is 0 Å². The predicted molar refractivity (Wildman–Crippen MR) is 132 cm³/mol. The predicted octanol–water partition coefficient (Wildman–Crippen LogP) is 4.34. The van der Waals surface area contributed by atoms with E-state index in [0.29, 0.717) is 18.7 Å². The maximum absolute atomic E-state index is 13.9. The normalized spacial score (nSPS) is 21.3. The van der Waals surface area contributed by atoms with Crippen molar-refractivity contribution in [3.8, 4) is 0 Å². The van der Waals surface area contributed by atoms with E-state index in [1.165, 1.54) is 22.3 Å². The summed E-state index contributed by atoms with van der Waals surface area (Å²) in [7, 11) is 0. The van der Waals surface area contributed by atoms with Crippen molar-refractivity contribution in [2.75, 3.05) is 26.3 Å². The van der Waals surface area contributed by atoms with Crippen LogP contribution in [0.2, 0.25) is 0 Å². The summed E-state index contributed by atoms with van der Waals surface area (Å²) >= 11 is 0. The Morgan fingerprint density at radius 3 is 2.15 bits per heavy atom. The standard InChI is InChI=1S/C29H33NO3/c1-20-10-9-15-25(21(20)2)28-26(22-11-5-3-6-12-22)16-30(24(18-31)19-32)17-27(28)29(33)23-13-7-4-8-14-23/h3-15,24,26-28,31-32H,16-19H2,1-2H3/t26-,27+,28+/m1/s1. The molecule has 33 heavy (non-hydrogen) atoms. The van der Waals surface area contributed by atoms with Gasteiger partial charge in [0.15, 0.2) is 5.78 Å². The van der Waals surface area contributed by atoms with Gasteiger partial charge in [-0.05, 0) is 36.1 Å². The number of carbonyl (C=O) groups is 1. The fourth-order valence-corrected chi connectivity index (χ4v) is 5.32. The molecule has 1 aliphatic rings. The van der Waals surface area contributed by atoms with Crippen LogP contribution in [0.1, 0.15) is 44.4 Å². The average Bonchev–Trinajstić information content (AvgIpc) is 2.87. The summed E-state index contributed by atoms with van der Waals surface area (Å²) in [5, 5.41) is 19.9. The van der Waals surface area contributed by atoms with Crippen LogP contribution in [0.3, 0.4) is 0 Å². The zero-order valence-electron chi connectivity index (χ0n) is 19.4. The quantitative estimate of drug-likeness (QED) is 0.534. The first-order chi connectivity index (χ1) is 16.0. The van der Waals surface area contributed by atoms with Gasteiger partial charge < -0.3 is 10.2 Å². The number of hydrogen-bond donors (Lipinski definition) is 2. The van der Waals surface area contributed by atoms with Gasteiger partial charge in [0.25, 0.3) is 0 Å². The molecule has 1 fully saturated rings. The van der Waals surface area contributed by atoms with Crippen molar-refractivity contribution in [3.05, 3.63) is 107 Å². The van der Waals surface area contributed by atoms with Crippen molar-refractivity contribution in [1.29, 1.82) is 0 Å². The minimum Gasteiger partial charge on any atom is -0.395 e. The van der Waals surface area contributed by atoms with E-state index >= 15 is 0 Å². The number of aliphatic hydroxyl groups excluding tert-OH is 2. The summed E-state index contributed by atoms with van der Waals surface area (Å²) < 4.78 is 0. The van der Waals surface area contributed by atoms with E-state index in [9.17, 15) is 15.0 Å². The SMILES string of the molecule is Cc1cccc([C@@H]2[C@@H](C(=O)c3ccccc3)CN(C(CO)CO)C[C@@H]2c2ccccc2)c1C. The fraction of sp³-hybridized carbons (Fsp3) is 0.345. The third-order valence-corrected chi connectivity index (χ3v) is 7.30. The van der Waals surface area contributed by atoms with Crippen LogP contribution >= 0.6 is 0 Å². The number of likely N-dealkylation sites (tertiary alicyclic amines) is 1. The first-order valence-electron chi connectivity index (χ1n) is 11.7. The number of hydrogen-bond acceptors (Lipinski definition) is 4. The van der Waals surface area contributed by atoms with E-state index in [1.807, 2.05) is 48.5 Å². The minimum atomic E-state index is -0.387. The van der Waals surface area contributed by atoms with Crippen LogP contribution in [0.25, 0.3) is 0 Å². The molecular formula is C29H33NO3. The average molecular weight is 444 g/mol. The first-order valence-corrected chi connectivity index (χ1v) is 11.7. The van der Waals surface area contributed by atoms with Gasteiger partial charge in [0.2, 0.25) is 0 Å². The number of aryl methyl sites for hydroxylation is 1. The van der Waals surface area contributed by atoms with Crippen molar-refractivity contribution in [3.63, 3.8) is 0 Å². The Morgan fingerprint density at radius 2 is 1.52 bits per heavy atom. The molecule has 3 atom stereocenters. The molecule has 4 rings (SSSR count). The molecule has 3 aromatic carbocycles. The molecule has 172 valence electrons. The van der Waals surface area contributed by atoms with Gasteiger partial charge >= 0.3 is 0 Å². The molecule has 4 heteroatoms. The largest absolute Gasteiger partial charge is 0.395 e. The molecule has 0 aromatic heterocycles. The van der Waals surface area contributed by atoms with Crippen LogP contribution in [-0.2, 0) is 0 Å². The molecule has 1 aliphatic heterocycles. The summed E-state index contributed by atoms with van der Waals surface area (Å²) in [6.07, 6.45) is 0. The molecule has 1 heterocycles. The summed E-state index contributed by atoms with van der Waals surface area (Å²) in [6.45, 7) is 5.16. The lowest BCUT2D eigenvalue weighted by Gasteiger charge is -2.46. The van der Waals surface area contributed by atoms with Crippen LogP contribution < -0.4 is 0 Å². The Morgan fingerprint density at radius 1 is 0.879 bits per heavy atom. The maximum Gasteiger partial charge on any atom is 0.167 e. The third kappa shape index (κ3) is 4.79. The van der Waals surface area contributed by atoms with Gasteiger partial charge in [-0.25, -0.2) is 0 Å². The Labute approximate surface area is 196 Å². The topological polar surface area (TPSA) is 60.8 Å². The highest BCUT2D eigenvalue weighted by molar-refractivity contribution is 5.98. The van der Waals surface area contributed by atoms with Crippen molar-refractivity contribution < 1.29 is 15.0 Å². The monoisotopic (exact) mass is 443 g/mol. The number of Topliss-reactive ketones (excluding diaryl/α,β-unsaturated/α-hetero) is 1. The van der Waals surface area contributed by atoms with E-state index in [0.717, 1.165) is 0 Å². The maximum atomic E-state index is 13.9. The van der Waals surface area contributed by atoms with Gasteiger partial charge in [0.05, 0.1) is 19.3 Å². The molecule has 0 aliphatic carbocycles. The second kappa shape index (κ2) is 10.4. The lowest BCUT2D eigenvalue weighted by Crippen LogP contribution is -2.53. The van der Waals surface area contributed by atoms with Gasteiger partial charge in [-0.1, -0.05) is 78.9 Å². The second-order valence-electron chi connectivity index (χ2n) is 9.14. The highest BCUT2D eigenvalue weighted by Gasteiger charge is 2.44. The van der Waals surface area contributed by atoms with Gasteiger partial charge in [-0.3, -0.25) is 9.69 Å². The zero-order chi connectivity index (χ0) is 23.4. The first kappa shape index (κ1) is 23.4. The number of ketones is 1. The van der Waals surface area contributed by atoms with E-state index in [2.05, 4.69) is 49.1 Å². The fourth-order valence-electron chi connectivity index (χ4n) is 5.32.